The van der Waals surface area contributed by atoms with Gasteiger partial charge in [0.05, 0.1) is 6.04 Å². The van der Waals surface area contributed by atoms with Crippen molar-refractivity contribution in [2.75, 3.05) is 40.9 Å². The number of ether oxygens (including phenoxy) is 1. The molecule has 1 heterocycles. The SMILES string of the molecule is CN=C(NCC1(N(C)C)CCOCC1)NC(C)c1ccc(Cl)cc1Cl.I. The van der Waals surface area contributed by atoms with Crippen molar-refractivity contribution in [3.05, 3.63) is 33.8 Å². The van der Waals surface area contributed by atoms with Crippen LogP contribution in [-0.2, 0) is 4.74 Å². The number of aliphatic imine (C=N–C) groups is 1. The van der Waals surface area contributed by atoms with Crippen LogP contribution in [0.1, 0.15) is 31.4 Å². The molecule has 0 aliphatic carbocycles. The third-order valence-corrected chi connectivity index (χ3v) is 5.53. The van der Waals surface area contributed by atoms with Gasteiger partial charge in [0.2, 0.25) is 0 Å². The zero-order valence-corrected chi connectivity index (χ0v) is 19.7. The number of nitrogens with one attached hydrogen (secondary N) is 2. The number of benzene rings is 1. The first-order chi connectivity index (χ1) is 11.9. The van der Waals surface area contributed by atoms with E-state index in [4.69, 9.17) is 27.9 Å². The second-order valence-corrected chi connectivity index (χ2v) is 7.53. The zero-order valence-electron chi connectivity index (χ0n) is 15.8. The number of nitrogens with zero attached hydrogens (tertiary/aromatic N) is 2. The Labute approximate surface area is 183 Å². The standard InChI is InChI=1S/C18H28Cl2N4O.HI/c1-13(15-6-5-14(19)11-16(15)20)23-17(21-2)22-12-18(24(3)4)7-9-25-10-8-18;/h5-6,11,13H,7-10,12H2,1-4H3,(H2,21,22,23);1H. The molecule has 1 unspecified atom stereocenters. The van der Waals surface area contributed by atoms with Crippen molar-refractivity contribution < 1.29 is 4.74 Å². The van der Waals surface area contributed by atoms with Crippen LogP contribution in [0.15, 0.2) is 23.2 Å². The summed E-state index contributed by atoms with van der Waals surface area (Å²) in [4.78, 5) is 6.64. The number of hydrogen-bond acceptors (Lipinski definition) is 3. The molecule has 1 aliphatic heterocycles. The van der Waals surface area contributed by atoms with Crippen LogP contribution in [0.25, 0.3) is 0 Å². The van der Waals surface area contributed by atoms with Crippen molar-refractivity contribution in [1.29, 1.82) is 0 Å². The Balaban J connectivity index is 0.00000338. The first kappa shape index (κ1) is 23.8. The van der Waals surface area contributed by atoms with E-state index in [-0.39, 0.29) is 35.6 Å². The molecule has 1 atom stereocenters. The van der Waals surface area contributed by atoms with Crippen LogP contribution in [0.5, 0.6) is 0 Å². The molecule has 8 heteroatoms. The van der Waals surface area contributed by atoms with Crippen LogP contribution in [0, 0.1) is 0 Å². The van der Waals surface area contributed by atoms with Gasteiger partial charge in [-0.15, -0.1) is 24.0 Å². The maximum Gasteiger partial charge on any atom is 0.191 e. The summed E-state index contributed by atoms with van der Waals surface area (Å²) >= 11 is 12.3. The van der Waals surface area contributed by atoms with Crippen molar-refractivity contribution in [3.8, 4) is 0 Å². The van der Waals surface area contributed by atoms with E-state index in [1.807, 2.05) is 12.1 Å². The summed E-state index contributed by atoms with van der Waals surface area (Å²) in [6, 6.07) is 5.56. The minimum atomic E-state index is 0. The van der Waals surface area contributed by atoms with Crippen LogP contribution < -0.4 is 10.6 Å². The Morgan fingerprint density at radius 1 is 1.31 bits per heavy atom. The van der Waals surface area contributed by atoms with Gasteiger partial charge in [-0.05, 0) is 51.6 Å². The summed E-state index contributed by atoms with van der Waals surface area (Å²) in [6.45, 7) is 4.45. The lowest BCUT2D eigenvalue weighted by molar-refractivity contribution is -0.00502. The fraction of sp³-hybridized carbons (Fsp3) is 0.611. The second kappa shape index (κ2) is 10.9. The molecule has 148 valence electrons. The van der Waals surface area contributed by atoms with E-state index < -0.39 is 0 Å². The largest absolute Gasteiger partial charge is 0.381 e. The third kappa shape index (κ3) is 6.12. The molecule has 2 rings (SSSR count). The van der Waals surface area contributed by atoms with E-state index in [2.05, 4.69) is 41.5 Å². The van der Waals surface area contributed by atoms with E-state index in [0.29, 0.717) is 10.0 Å². The molecule has 1 aromatic rings. The lowest BCUT2D eigenvalue weighted by atomic mass is 9.88. The smallest absolute Gasteiger partial charge is 0.191 e. The predicted molar refractivity (Wildman–Crippen MR) is 121 cm³/mol. The fourth-order valence-electron chi connectivity index (χ4n) is 3.11. The van der Waals surface area contributed by atoms with E-state index in [9.17, 15) is 0 Å². The van der Waals surface area contributed by atoms with Gasteiger partial charge in [0.25, 0.3) is 0 Å². The van der Waals surface area contributed by atoms with Crippen molar-refractivity contribution >= 4 is 53.1 Å². The molecule has 2 N–H and O–H groups in total. The molecule has 0 aromatic heterocycles. The monoisotopic (exact) mass is 514 g/mol. The number of guanidine groups is 1. The molecule has 1 aliphatic rings. The number of halogens is 3. The first-order valence-corrected chi connectivity index (χ1v) is 9.31. The highest BCUT2D eigenvalue weighted by atomic mass is 127. The van der Waals surface area contributed by atoms with Crippen molar-refractivity contribution in [2.45, 2.75) is 31.3 Å². The van der Waals surface area contributed by atoms with Crippen LogP contribution in [0.2, 0.25) is 10.0 Å². The van der Waals surface area contributed by atoms with Gasteiger partial charge >= 0.3 is 0 Å². The van der Waals surface area contributed by atoms with Crippen LogP contribution in [0.3, 0.4) is 0 Å². The molecule has 0 spiro atoms. The Kier molecular flexibility index (Phi) is 9.96. The van der Waals surface area contributed by atoms with E-state index >= 15 is 0 Å². The average molecular weight is 515 g/mol. The molecule has 0 saturated carbocycles. The Hall–Kier alpha value is -0.280. The van der Waals surface area contributed by atoms with Gasteiger partial charge in [0.1, 0.15) is 0 Å². The van der Waals surface area contributed by atoms with Crippen molar-refractivity contribution in [3.63, 3.8) is 0 Å². The quantitative estimate of drug-likeness (QED) is 0.355. The van der Waals surface area contributed by atoms with Crippen LogP contribution in [0.4, 0.5) is 0 Å². The summed E-state index contributed by atoms with van der Waals surface area (Å²) in [5.41, 5.74) is 1.07. The van der Waals surface area contributed by atoms with Gasteiger partial charge in [-0.1, -0.05) is 29.3 Å². The molecular weight excluding hydrogens is 486 g/mol. The first-order valence-electron chi connectivity index (χ1n) is 8.55. The molecule has 26 heavy (non-hydrogen) atoms. The van der Waals surface area contributed by atoms with Crippen LogP contribution >= 0.6 is 47.2 Å². The number of hydrogen-bond donors (Lipinski definition) is 2. The minimum absolute atomic E-state index is 0. The number of rotatable bonds is 5. The molecular formula is C18H29Cl2IN4O. The van der Waals surface area contributed by atoms with Gasteiger partial charge in [-0.25, -0.2) is 0 Å². The maximum absolute atomic E-state index is 6.31. The van der Waals surface area contributed by atoms with E-state index in [1.54, 1.807) is 13.1 Å². The van der Waals surface area contributed by atoms with E-state index in [1.165, 1.54) is 0 Å². The minimum Gasteiger partial charge on any atom is -0.381 e. The highest BCUT2D eigenvalue weighted by Crippen LogP contribution is 2.27. The summed E-state index contributed by atoms with van der Waals surface area (Å²) < 4.78 is 5.53. The second-order valence-electron chi connectivity index (χ2n) is 6.69. The van der Waals surface area contributed by atoms with Crippen molar-refractivity contribution in [2.24, 2.45) is 4.99 Å². The molecule has 0 bridgehead atoms. The lowest BCUT2D eigenvalue weighted by Gasteiger charge is -2.43. The predicted octanol–water partition coefficient (Wildman–Crippen LogP) is 3.95. The fourth-order valence-corrected chi connectivity index (χ4v) is 3.68. The number of likely N-dealkylation sites (N-methyl/N-ethyl adjacent to an activating group) is 1. The lowest BCUT2D eigenvalue weighted by Crippen LogP contribution is -2.57. The van der Waals surface area contributed by atoms with Gasteiger partial charge in [0, 0.05) is 42.4 Å². The highest BCUT2D eigenvalue weighted by Gasteiger charge is 2.34. The third-order valence-electron chi connectivity index (χ3n) is 4.96. The van der Waals surface area contributed by atoms with Crippen LogP contribution in [-0.4, -0.2) is 57.3 Å². The summed E-state index contributed by atoms with van der Waals surface area (Å²) in [5, 5.41) is 8.15. The topological polar surface area (TPSA) is 48.9 Å². The Morgan fingerprint density at radius 2 is 1.96 bits per heavy atom. The summed E-state index contributed by atoms with van der Waals surface area (Å²) in [6.07, 6.45) is 2.01. The summed E-state index contributed by atoms with van der Waals surface area (Å²) in [7, 11) is 6.02. The maximum atomic E-state index is 6.31. The molecule has 0 radical (unpaired) electrons. The van der Waals surface area contributed by atoms with E-state index in [0.717, 1.165) is 44.1 Å². The normalized spacial score (nSPS) is 18.2. The van der Waals surface area contributed by atoms with Gasteiger partial charge in [-0.3, -0.25) is 4.99 Å². The Bertz CT molecular complexity index is 607. The van der Waals surface area contributed by atoms with Crippen molar-refractivity contribution in [1.82, 2.24) is 15.5 Å². The zero-order chi connectivity index (χ0) is 18.4. The molecule has 1 aromatic carbocycles. The van der Waals surface area contributed by atoms with Gasteiger partial charge in [-0.2, -0.15) is 0 Å². The molecule has 0 amide bonds. The summed E-state index contributed by atoms with van der Waals surface area (Å²) in [5.74, 6) is 0.756. The molecule has 1 fully saturated rings. The Morgan fingerprint density at radius 3 is 2.50 bits per heavy atom. The van der Waals surface area contributed by atoms with Gasteiger partial charge in [0.15, 0.2) is 5.96 Å². The highest BCUT2D eigenvalue weighted by molar-refractivity contribution is 14.0. The average Bonchev–Trinajstić information content (AvgIpc) is 2.59. The molecule has 5 nitrogen and oxygen atoms in total. The van der Waals surface area contributed by atoms with Gasteiger partial charge < -0.3 is 20.3 Å². The molecule has 1 saturated heterocycles.